The van der Waals surface area contributed by atoms with Gasteiger partial charge in [0.1, 0.15) is 12.2 Å². The molecule has 0 saturated carbocycles. The highest BCUT2D eigenvalue weighted by molar-refractivity contribution is 9.10. The van der Waals surface area contributed by atoms with E-state index in [2.05, 4.69) is 25.8 Å². The van der Waals surface area contributed by atoms with Gasteiger partial charge in [0, 0.05) is 29.8 Å². The Labute approximate surface area is 175 Å². The number of imidazole rings is 1. The third kappa shape index (κ3) is 3.88. The fraction of sp³-hybridized carbons (Fsp3) is 0.381. The predicted molar refractivity (Wildman–Crippen MR) is 111 cm³/mol. The number of anilines is 1. The molecule has 2 aromatic carbocycles. The van der Waals surface area contributed by atoms with Crippen molar-refractivity contribution in [3.8, 4) is 0 Å². The SMILES string of the molecule is Cc1c(CF)cccc1Cn1c(C(F)F)nc2c(Br)cc(N3CCOCC3)cc21. The second kappa shape index (κ2) is 8.36. The van der Waals surface area contributed by atoms with Gasteiger partial charge in [0.2, 0.25) is 0 Å². The van der Waals surface area contributed by atoms with Gasteiger partial charge in [-0.05, 0) is 51.7 Å². The number of aromatic nitrogens is 2. The Hall–Kier alpha value is -2.06. The van der Waals surface area contributed by atoms with Crippen molar-refractivity contribution in [3.05, 3.63) is 57.3 Å². The molecule has 0 unspecified atom stereocenters. The average molecular weight is 468 g/mol. The molecule has 0 amide bonds. The predicted octanol–water partition coefficient (Wildman–Crippen LogP) is 5.40. The molecule has 0 bridgehead atoms. The van der Waals surface area contributed by atoms with Gasteiger partial charge >= 0.3 is 0 Å². The summed E-state index contributed by atoms with van der Waals surface area (Å²) in [5.74, 6) is -0.287. The van der Waals surface area contributed by atoms with Crippen LogP contribution >= 0.6 is 15.9 Å². The molecule has 8 heteroatoms. The lowest BCUT2D eigenvalue weighted by Gasteiger charge is -2.29. The molecule has 29 heavy (non-hydrogen) atoms. The van der Waals surface area contributed by atoms with Crippen molar-refractivity contribution in [3.63, 3.8) is 0 Å². The lowest BCUT2D eigenvalue weighted by molar-refractivity contribution is 0.122. The highest BCUT2D eigenvalue weighted by atomic mass is 79.9. The highest BCUT2D eigenvalue weighted by Crippen LogP contribution is 2.34. The van der Waals surface area contributed by atoms with Gasteiger partial charge in [-0.25, -0.2) is 18.2 Å². The number of rotatable bonds is 5. The number of fused-ring (bicyclic) bond motifs is 1. The Balaban J connectivity index is 1.84. The van der Waals surface area contributed by atoms with Crippen LogP contribution in [0.2, 0.25) is 0 Å². The van der Waals surface area contributed by atoms with Crippen molar-refractivity contribution in [2.45, 2.75) is 26.6 Å². The Morgan fingerprint density at radius 3 is 2.59 bits per heavy atom. The number of nitrogens with zero attached hydrogens (tertiary/aromatic N) is 3. The Bertz CT molecular complexity index is 1030. The van der Waals surface area contributed by atoms with Crippen LogP contribution in [0.25, 0.3) is 11.0 Å². The maximum atomic E-state index is 13.8. The molecule has 3 aromatic rings. The van der Waals surface area contributed by atoms with Crippen LogP contribution in [0.4, 0.5) is 18.9 Å². The van der Waals surface area contributed by atoms with E-state index in [-0.39, 0.29) is 12.4 Å². The van der Waals surface area contributed by atoms with Crippen LogP contribution < -0.4 is 4.90 Å². The number of hydrogen-bond donors (Lipinski definition) is 0. The van der Waals surface area contributed by atoms with E-state index in [0.717, 1.165) is 29.9 Å². The molecule has 1 saturated heterocycles. The number of hydrogen-bond acceptors (Lipinski definition) is 3. The molecule has 4 rings (SSSR count). The van der Waals surface area contributed by atoms with Crippen molar-refractivity contribution >= 4 is 32.7 Å². The average Bonchev–Trinajstić information content (AvgIpc) is 3.09. The first-order valence-electron chi connectivity index (χ1n) is 9.43. The van der Waals surface area contributed by atoms with E-state index >= 15 is 0 Å². The topological polar surface area (TPSA) is 30.3 Å². The van der Waals surface area contributed by atoms with Crippen LogP contribution in [0, 0.1) is 6.92 Å². The summed E-state index contributed by atoms with van der Waals surface area (Å²) in [6.45, 7) is 4.18. The van der Waals surface area contributed by atoms with Gasteiger partial charge in [0.25, 0.3) is 6.43 Å². The third-order valence-electron chi connectivity index (χ3n) is 5.42. The number of halogens is 4. The van der Waals surface area contributed by atoms with Crippen molar-refractivity contribution in [1.82, 2.24) is 9.55 Å². The molecule has 0 spiro atoms. The van der Waals surface area contributed by atoms with E-state index in [0.29, 0.717) is 34.3 Å². The van der Waals surface area contributed by atoms with Gasteiger partial charge in [-0.15, -0.1) is 0 Å². The summed E-state index contributed by atoms with van der Waals surface area (Å²) in [5, 5.41) is 0. The first-order chi connectivity index (χ1) is 14.0. The standard InChI is InChI=1S/C21H21BrF3N3O/c1-13-14(11-23)3-2-4-15(13)12-28-18-10-16(27-5-7-29-8-6-27)9-17(22)19(18)26-21(28)20(24)25/h2-4,9-10,20H,5-8,11-12H2,1H3. The molecule has 0 aliphatic carbocycles. The highest BCUT2D eigenvalue weighted by Gasteiger charge is 2.23. The minimum Gasteiger partial charge on any atom is -0.378 e. The van der Waals surface area contributed by atoms with E-state index in [9.17, 15) is 13.2 Å². The summed E-state index contributed by atoms with van der Waals surface area (Å²) < 4.78 is 48.5. The lowest BCUT2D eigenvalue weighted by atomic mass is 10.0. The van der Waals surface area contributed by atoms with E-state index in [4.69, 9.17) is 4.74 Å². The molecule has 0 atom stereocenters. The summed E-state index contributed by atoms with van der Waals surface area (Å²) in [6, 6.07) is 9.13. The molecule has 0 radical (unpaired) electrons. The molecule has 2 heterocycles. The molecule has 4 nitrogen and oxygen atoms in total. The molecule has 1 fully saturated rings. The maximum absolute atomic E-state index is 13.8. The quantitative estimate of drug-likeness (QED) is 0.503. The first kappa shape index (κ1) is 20.2. The number of benzene rings is 2. The molecule has 0 N–H and O–H groups in total. The fourth-order valence-corrected chi connectivity index (χ4v) is 4.27. The van der Waals surface area contributed by atoms with Gasteiger partial charge in [0.15, 0.2) is 5.82 Å². The number of alkyl halides is 3. The van der Waals surface area contributed by atoms with Gasteiger partial charge in [-0.1, -0.05) is 18.2 Å². The van der Waals surface area contributed by atoms with Crippen LogP contribution in [-0.4, -0.2) is 35.9 Å². The van der Waals surface area contributed by atoms with Gasteiger partial charge < -0.3 is 14.2 Å². The lowest BCUT2D eigenvalue weighted by Crippen LogP contribution is -2.36. The van der Waals surface area contributed by atoms with Crippen LogP contribution in [0.15, 0.2) is 34.8 Å². The Kier molecular flexibility index (Phi) is 5.83. The minimum atomic E-state index is -2.72. The van der Waals surface area contributed by atoms with E-state index in [1.165, 1.54) is 0 Å². The van der Waals surface area contributed by atoms with E-state index < -0.39 is 13.1 Å². The van der Waals surface area contributed by atoms with Crippen LogP contribution in [-0.2, 0) is 18.0 Å². The molecule has 1 aromatic heterocycles. The van der Waals surface area contributed by atoms with Gasteiger partial charge in [0.05, 0.1) is 18.7 Å². The monoisotopic (exact) mass is 467 g/mol. The minimum absolute atomic E-state index is 0.203. The van der Waals surface area contributed by atoms with E-state index in [1.54, 1.807) is 16.7 Å². The largest absolute Gasteiger partial charge is 0.378 e. The zero-order chi connectivity index (χ0) is 20.5. The fourth-order valence-electron chi connectivity index (χ4n) is 3.75. The molecule has 1 aliphatic heterocycles. The summed E-state index contributed by atoms with van der Waals surface area (Å²) in [7, 11) is 0. The smallest absolute Gasteiger partial charge is 0.295 e. The summed E-state index contributed by atoms with van der Waals surface area (Å²) in [4.78, 5) is 6.38. The first-order valence-corrected chi connectivity index (χ1v) is 10.2. The van der Waals surface area contributed by atoms with Crippen molar-refractivity contribution in [1.29, 1.82) is 0 Å². The zero-order valence-corrected chi connectivity index (χ0v) is 17.6. The van der Waals surface area contributed by atoms with Crippen molar-refractivity contribution < 1.29 is 17.9 Å². The molecular weight excluding hydrogens is 447 g/mol. The van der Waals surface area contributed by atoms with Gasteiger partial charge in [-0.2, -0.15) is 0 Å². The normalized spacial score (nSPS) is 14.9. The molecule has 154 valence electrons. The summed E-state index contributed by atoms with van der Waals surface area (Å²) in [5.41, 5.74) is 4.21. The zero-order valence-electron chi connectivity index (χ0n) is 16.0. The molecule has 1 aliphatic rings. The van der Waals surface area contributed by atoms with Crippen molar-refractivity contribution in [2.75, 3.05) is 31.2 Å². The molecular formula is C21H21BrF3N3O. The van der Waals surface area contributed by atoms with Crippen LogP contribution in [0.5, 0.6) is 0 Å². The third-order valence-corrected chi connectivity index (χ3v) is 6.03. The van der Waals surface area contributed by atoms with Crippen molar-refractivity contribution in [2.24, 2.45) is 0 Å². The number of morpholine rings is 1. The summed E-state index contributed by atoms with van der Waals surface area (Å²) in [6.07, 6.45) is -2.72. The second-order valence-electron chi connectivity index (χ2n) is 7.09. The van der Waals surface area contributed by atoms with E-state index in [1.807, 2.05) is 25.1 Å². The summed E-state index contributed by atoms with van der Waals surface area (Å²) >= 11 is 3.51. The maximum Gasteiger partial charge on any atom is 0.295 e. The Morgan fingerprint density at radius 1 is 1.17 bits per heavy atom. The van der Waals surface area contributed by atoms with Crippen LogP contribution in [0.3, 0.4) is 0 Å². The van der Waals surface area contributed by atoms with Gasteiger partial charge in [-0.3, -0.25) is 0 Å². The van der Waals surface area contributed by atoms with Crippen LogP contribution in [0.1, 0.15) is 28.9 Å². The second-order valence-corrected chi connectivity index (χ2v) is 7.94. The number of ether oxygens (including phenoxy) is 1. The Morgan fingerprint density at radius 2 is 1.90 bits per heavy atom.